The molecule has 1 aromatic carbocycles. The Kier molecular flexibility index (Phi) is 3.46. The number of aliphatic carboxylic acids is 1. The molecule has 0 radical (unpaired) electrons. The Bertz CT molecular complexity index is 542. The Morgan fingerprint density at radius 3 is 2.16 bits per heavy atom. The summed E-state index contributed by atoms with van der Waals surface area (Å²) in [4.78, 5) is 35.7. The van der Waals surface area contributed by atoms with Crippen molar-refractivity contribution < 1.29 is 19.5 Å². The third-order valence-corrected chi connectivity index (χ3v) is 3.04. The van der Waals surface area contributed by atoms with Gasteiger partial charge in [0.25, 0.3) is 11.8 Å². The van der Waals surface area contributed by atoms with Gasteiger partial charge in [-0.05, 0) is 25.0 Å². The molecule has 0 saturated carbocycles. The number of carboxylic acid groups (broad SMARTS) is 1. The van der Waals surface area contributed by atoms with Crippen molar-refractivity contribution in [3.05, 3.63) is 47.5 Å². The number of carbonyl (C=O) groups excluding carboxylic acids is 2. The van der Waals surface area contributed by atoms with E-state index in [1.807, 2.05) is 0 Å². The van der Waals surface area contributed by atoms with E-state index in [9.17, 15) is 14.4 Å². The first-order valence-electron chi connectivity index (χ1n) is 5.88. The van der Waals surface area contributed by atoms with Crippen molar-refractivity contribution in [3.63, 3.8) is 0 Å². The highest BCUT2D eigenvalue weighted by Crippen LogP contribution is 2.22. The molecule has 0 aliphatic carbocycles. The summed E-state index contributed by atoms with van der Waals surface area (Å²) in [5.74, 6) is -1.69. The molecule has 0 fully saturated rings. The van der Waals surface area contributed by atoms with Gasteiger partial charge in [-0.1, -0.05) is 18.7 Å². The van der Waals surface area contributed by atoms with Gasteiger partial charge in [0.2, 0.25) is 0 Å². The van der Waals surface area contributed by atoms with Gasteiger partial charge in [0.05, 0.1) is 11.1 Å². The van der Waals surface area contributed by atoms with E-state index in [2.05, 4.69) is 6.58 Å². The molecule has 1 heterocycles. The number of hydrogen-bond donors (Lipinski definition) is 1. The summed E-state index contributed by atoms with van der Waals surface area (Å²) in [7, 11) is 0. The molecule has 5 nitrogen and oxygen atoms in total. The number of amides is 2. The number of hydrogen-bond acceptors (Lipinski definition) is 3. The number of carboxylic acids is 1. The third kappa shape index (κ3) is 2.40. The van der Waals surface area contributed by atoms with Crippen molar-refractivity contribution >= 4 is 17.8 Å². The van der Waals surface area contributed by atoms with Crippen molar-refractivity contribution in [2.24, 2.45) is 0 Å². The number of rotatable bonds is 5. The van der Waals surface area contributed by atoms with Crippen LogP contribution in [0.4, 0.5) is 0 Å². The van der Waals surface area contributed by atoms with Crippen molar-refractivity contribution in [1.29, 1.82) is 0 Å². The molecule has 19 heavy (non-hydrogen) atoms. The minimum absolute atomic E-state index is 0.0802. The van der Waals surface area contributed by atoms with Crippen LogP contribution in [0.5, 0.6) is 0 Å². The Morgan fingerprint density at radius 2 is 1.68 bits per heavy atom. The van der Waals surface area contributed by atoms with Gasteiger partial charge in [0, 0.05) is 12.1 Å². The van der Waals surface area contributed by atoms with E-state index in [4.69, 9.17) is 5.11 Å². The van der Waals surface area contributed by atoms with E-state index in [0.29, 0.717) is 17.5 Å². The first-order valence-corrected chi connectivity index (χ1v) is 5.88. The average Bonchev–Trinajstić information content (AvgIpc) is 2.64. The quantitative estimate of drug-likeness (QED) is 0.645. The number of benzene rings is 1. The summed E-state index contributed by atoms with van der Waals surface area (Å²) >= 11 is 0. The molecule has 1 aliphatic heterocycles. The molecule has 2 rings (SSSR count). The fourth-order valence-corrected chi connectivity index (χ4v) is 2.00. The van der Waals surface area contributed by atoms with Gasteiger partial charge in [-0.2, -0.15) is 0 Å². The van der Waals surface area contributed by atoms with Crippen LogP contribution in [-0.4, -0.2) is 34.3 Å². The highest BCUT2D eigenvalue weighted by atomic mass is 16.4. The monoisotopic (exact) mass is 259 g/mol. The molecule has 2 amide bonds. The lowest BCUT2D eigenvalue weighted by Crippen LogP contribution is -2.30. The summed E-state index contributed by atoms with van der Waals surface area (Å²) in [5.41, 5.74) is 0.894. The topological polar surface area (TPSA) is 74.7 Å². The smallest absolute Gasteiger partial charge is 0.330 e. The molecule has 1 aliphatic rings. The van der Waals surface area contributed by atoms with E-state index in [-0.39, 0.29) is 30.4 Å². The summed E-state index contributed by atoms with van der Waals surface area (Å²) in [6.45, 7) is 3.61. The maximum Gasteiger partial charge on any atom is 0.330 e. The number of fused-ring (bicyclic) bond motifs is 1. The van der Waals surface area contributed by atoms with E-state index >= 15 is 0 Å². The van der Waals surface area contributed by atoms with Gasteiger partial charge in [0.1, 0.15) is 0 Å². The average molecular weight is 259 g/mol. The minimum Gasteiger partial charge on any atom is -0.478 e. The largest absolute Gasteiger partial charge is 0.478 e. The van der Waals surface area contributed by atoms with Crippen LogP contribution >= 0.6 is 0 Å². The molecule has 0 aromatic heterocycles. The van der Waals surface area contributed by atoms with Gasteiger partial charge in [-0.3, -0.25) is 14.5 Å². The first-order chi connectivity index (χ1) is 9.02. The normalized spacial score (nSPS) is 13.6. The van der Waals surface area contributed by atoms with E-state index in [1.54, 1.807) is 24.3 Å². The molecule has 1 aromatic rings. The second kappa shape index (κ2) is 5.06. The van der Waals surface area contributed by atoms with Gasteiger partial charge in [-0.15, -0.1) is 0 Å². The second-order valence-corrected chi connectivity index (χ2v) is 4.32. The van der Waals surface area contributed by atoms with Crippen LogP contribution in [0.2, 0.25) is 0 Å². The second-order valence-electron chi connectivity index (χ2n) is 4.32. The molecule has 5 heteroatoms. The molecule has 0 unspecified atom stereocenters. The van der Waals surface area contributed by atoms with Crippen molar-refractivity contribution in [1.82, 2.24) is 4.90 Å². The summed E-state index contributed by atoms with van der Waals surface area (Å²) < 4.78 is 0. The van der Waals surface area contributed by atoms with Crippen LogP contribution in [0.15, 0.2) is 36.4 Å². The maximum atomic E-state index is 12.0. The number of carbonyl (C=O) groups is 3. The van der Waals surface area contributed by atoms with Gasteiger partial charge >= 0.3 is 5.97 Å². The zero-order valence-corrected chi connectivity index (χ0v) is 10.3. The van der Waals surface area contributed by atoms with Gasteiger partial charge in [-0.25, -0.2) is 4.79 Å². The maximum absolute atomic E-state index is 12.0. The molecular weight excluding hydrogens is 246 g/mol. The predicted octanol–water partition coefficient (Wildman–Crippen LogP) is 1.70. The zero-order chi connectivity index (χ0) is 14.0. The molecule has 0 saturated heterocycles. The lowest BCUT2D eigenvalue weighted by molar-refractivity contribution is -0.132. The molecule has 1 N–H and O–H groups in total. The standard InChI is InChI=1S/C14H13NO4/c1-9(14(18)19)5-4-8-15-12(16)10-6-2-3-7-11(10)13(15)17/h2-3,6-7H,1,4-5,8H2,(H,18,19). The minimum atomic E-state index is -1.05. The van der Waals surface area contributed by atoms with E-state index < -0.39 is 5.97 Å². The molecule has 0 bridgehead atoms. The lowest BCUT2D eigenvalue weighted by atomic mass is 10.1. The van der Waals surface area contributed by atoms with Gasteiger partial charge < -0.3 is 5.11 Å². The van der Waals surface area contributed by atoms with Crippen molar-refractivity contribution in [2.75, 3.05) is 6.54 Å². The highest BCUT2D eigenvalue weighted by molar-refractivity contribution is 6.21. The zero-order valence-electron chi connectivity index (χ0n) is 10.3. The molecule has 98 valence electrons. The first kappa shape index (κ1) is 13.0. The predicted molar refractivity (Wildman–Crippen MR) is 67.8 cm³/mol. The van der Waals surface area contributed by atoms with Crippen LogP contribution in [0.3, 0.4) is 0 Å². The van der Waals surface area contributed by atoms with E-state index in [0.717, 1.165) is 4.90 Å². The lowest BCUT2D eigenvalue weighted by Gasteiger charge is -2.13. The van der Waals surface area contributed by atoms with Crippen molar-refractivity contribution in [2.45, 2.75) is 12.8 Å². The summed E-state index contributed by atoms with van der Waals surface area (Å²) in [6, 6.07) is 6.65. The fourth-order valence-electron chi connectivity index (χ4n) is 2.00. The summed E-state index contributed by atoms with van der Waals surface area (Å²) in [6.07, 6.45) is 0.652. The Labute approximate surface area is 110 Å². The fraction of sp³-hybridized carbons (Fsp3) is 0.214. The third-order valence-electron chi connectivity index (χ3n) is 3.04. The SMILES string of the molecule is C=C(CCCN1C(=O)c2ccccc2C1=O)C(=O)O. The summed E-state index contributed by atoms with van der Waals surface area (Å²) in [5, 5.41) is 8.67. The van der Waals surface area contributed by atoms with Crippen LogP contribution in [0.1, 0.15) is 33.6 Å². The molecule has 0 spiro atoms. The highest BCUT2D eigenvalue weighted by Gasteiger charge is 2.34. The van der Waals surface area contributed by atoms with Crippen LogP contribution in [0.25, 0.3) is 0 Å². The van der Waals surface area contributed by atoms with E-state index in [1.165, 1.54) is 0 Å². The molecule has 0 atom stereocenters. The number of imide groups is 1. The molecular formula is C14H13NO4. The van der Waals surface area contributed by atoms with Crippen LogP contribution in [0, 0.1) is 0 Å². The Hall–Kier alpha value is -2.43. The van der Waals surface area contributed by atoms with Crippen LogP contribution in [-0.2, 0) is 4.79 Å². The Morgan fingerprint density at radius 1 is 1.16 bits per heavy atom. The Balaban J connectivity index is 2.01. The van der Waals surface area contributed by atoms with Gasteiger partial charge in [0.15, 0.2) is 0 Å². The van der Waals surface area contributed by atoms with Crippen LogP contribution < -0.4 is 0 Å². The van der Waals surface area contributed by atoms with Crippen molar-refractivity contribution in [3.8, 4) is 0 Å². The number of nitrogens with zero attached hydrogens (tertiary/aromatic N) is 1.